The van der Waals surface area contributed by atoms with Gasteiger partial charge in [0, 0.05) is 19.3 Å². The Morgan fingerprint density at radius 2 is 0.690 bits per heavy atom. The number of hydrogen-bond donors (Lipinski definition) is 0. The van der Waals surface area contributed by atoms with Crippen LogP contribution in [0.4, 0.5) is 0 Å². The summed E-state index contributed by atoms with van der Waals surface area (Å²) in [6.45, 7) is 6.38. The lowest BCUT2D eigenvalue weighted by molar-refractivity contribution is -0.167. The van der Waals surface area contributed by atoms with Gasteiger partial charge in [0.05, 0.1) is 0 Å². The summed E-state index contributed by atoms with van der Waals surface area (Å²) >= 11 is 0. The number of carbonyl (C=O) groups is 3. The third kappa shape index (κ3) is 43.7. The van der Waals surface area contributed by atoms with E-state index in [9.17, 15) is 14.4 Å². The molecule has 6 nitrogen and oxygen atoms in total. The third-order valence-electron chi connectivity index (χ3n) is 9.60. The molecule has 0 aromatic rings. The van der Waals surface area contributed by atoms with Crippen LogP contribution in [0, 0.1) is 0 Å². The maximum Gasteiger partial charge on any atom is 0.306 e. The lowest BCUT2D eigenvalue weighted by atomic mass is 10.1. The number of esters is 3. The van der Waals surface area contributed by atoms with Crippen LogP contribution >= 0.6 is 0 Å². The van der Waals surface area contributed by atoms with Crippen LogP contribution in [0.5, 0.6) is 0 Å². The Kier molecular flexibility index (Phi) is 43.6. The van der Waals surface area contributed by atoms with E-state index in [2.05, 4.69) is 106 Å². The Labute approximate surface area is 356 Å². The molecule has 0 saturated carbocycles. The molecule has 0 spiro atoms. The van der Waals surface area contributed by atoms with Gasteiger partial charge in [-0.3, -0.25) is 14.4 Å². The lowest BCUT2D eigenvalue weighted by Crippen LogP contribution is -2.30. The van der Waals surface area contributed by atoms with Gasteiger partial charge in [-0.1, -0.05) is 164 Å². The molecule has 330 valence electrons. The van der Waals surface area contributed by atoms with Gasteiger partial charge in [0.2, 0.25) is 0 Å². The van der Waals surface area contributed by atoms with Crippen LogP contribution < -0.4 is 0 Å². The summed E-state index contributed by atoms with van der Waals surface area (Å²) in [7, 11) is 0. The average molecular weight is 807 g/mol. The fraction of sp³-hybridized carbons (Fsp3) is 0.673. The summed E-state index contributed by atoms with van der Waals surface area (Å²) in [4.78, 5) is 37.7. The van der Waals surface area contributed by atoms with E-state index in [1.807, 2.05) is 0 Å². The van der Waals surface area contributed by atoms with Crippen molar-refractivity contribution in [3.63, 3.8) is 0 Å². The van der Waals surface area contributed by atoms with E-state index in [0.717, 1.165) is 103 Å². The van der Waals surface area contributed by atoms with Gasteiger partial charge >= 0.3 is 17.9 Å². The fourth-order valence-electron chi connectivity index (χ4n) is 6.05. The summed E-state index contributed by atoms with van der Waals surface area (Å²) in [6.07, 6.45) is 58.6. The maximum atomic E-state index is 12.7. The van der Waals surface area contributed by atoms with Crippen LogP contribution in [0.1, 0.15) is 207 Å². The van der Waals surface area contributed by atoms with Crippen molar-refractivity contribution in [1.82, 2.24) is 0 Å². The summed E-state index contributed by atoms with van der Waals surface area (Å²) < 4.78 is 16.6. The molecule has 0 heterocycles. The molecule has 0 radical (unpaired) electrons. The largest absolute Gasteiger partial charge is 0.462 e. The molecule has 1 unspecified atom stereocenters. The minimum Gasteiger partial charge on any atom is -0.462 e. The number of rotatable bonds is 41. The lowest BCUT2D eigenvalue weighted by Gasteiger charge is -2.18. The molecule has 0 aliphatic rings. The number of unbranched alkanes of at least 4 members (excludes halogenated alkanes) is 16. The van der Waals surface area contributed by atoms with E-state index in [0.29, 0.717) is 25.7 Å². The molecule has 1 atom stereocenters. The highest BCUT2D eigenvalue weighted by Crippen LogP contribution is 2.12. The van der Waals surface area contributed by atoms with Gasteiger partial charge < -0.3 is 14.2 Å². The van der Waals surface area contributed by atoms with E-state index in [1.165, 1.54) is 57.8 Å². The summed E-state index contributed by atoms with van der Waals surface area (Å²) in [6, 6.07) is 0. The quantitative estimate of drug-likeness (QED) is 0.0265. The van der Waals surface area contributed by atoms with Crippen molar-refractivity contribution in [3.05, 3.63) is 85.1 Å². The van der Waals surface area contributed by atoms with Crippen molar-refractivity contribution in [2.75, 3.05) is 13.2 Å². The first-order valence-corrected chi connectivity index (χ1v) is 23.6. The van der Waals surface area contributed by atoms with Crippen LogP contribution in [0.25, 0.3) is 0 Å². The molecule has 0 aliphatic heterocycles. The van der Waals surface area contributed by atoms with Crippen molar-refractivity contribution >= 4 is 17.9 Å². The summed E-state index contributed by atoms with van der Waals surface area (Å²) in [5.74, 6) is -0.988. The molecule has 0 bridgehead atoms. The highest BCUT2D eigenvalue weighted by atomic mass is 16.6. The molecule has 0 amide bonds. The zero-order valence-electron chi connectivity index (χ0n) is 37.5. The Hall–Kier alpha value is -3.41. The predicted octanol–water partition coefficient (Wildman–Crippen LogP) is 15.3. The molecule has 0 saturated heterocycles. The highest BCUT2D eigenvalue weighted by molar-refractivity contribution is 5.71. The first kappa shape index (κ1) is 54.6. The number of allylic oxidation sites excluding steroid dienone is 14. The van der Waals surface area contributed by atoms with Crippen LogP contribution in [-0.4, -0.2) is 37.2 Å². The van der Waals surface area contributed by atoms with E-state index in [-0.39, 0.29) is 31.1 Å². The predicted molar refractivity (Wildman–Crippen MR) is 247 cm³/mol. The van der Waals surface area contributed by atoms with Gasteiger partial charge in [-0.2, -0.15) is 0 Å². The van der Waals surface area contributed by atoms with Gasteiger partial charge in [0.15, 0.2) is 6.10 Å². The van der Waals surface area contributed by atoms with Crippen LogP contribution in [0.2, 0.25) is 0 Å². The Morgan fingerprint density at radius 1 is 0.362 bits per heavy atom. The van der Waals surface area contributed by atoms with Crippen molar-refractivity contribution < 1.29 is 28.6 Å². The average Bonchev–Trinajstić information content (AvgIpc) is 3.22. The minimum atomic E-state index is -0.803. The van der Waals surface area contributed by atoms with Gasteiger partial charge in [-0.15, -0.1) is 0 Å². The van der Waals surface area contributed by atoms with Gasteiger partial charge in [-0.25, -0.2) is 0 Å². The molecule has 0 fully saturated rings. The fourth-order valence-corrected chi connectivity index (χ4v) is 6.05. The Balaban J connectivity index is 4.43. The number of hydrogen-bond acceptors (Lipinski definition) is 6. The van der Waals surface area contributed by atoms with Crippen molar-refractivity contribution in [2.24, 2.45) is 0 Å². The first-order chi connectivity index (χ1) is 28.5. The third-order valence-corrected chi connectivity index (χ3v) is 9.60. The highest BCUT2D eigenvalue weighted by Gasteiger charge is 2.19. The Morgan fingerprint density at radius 3 is 1.19 bits per heavy atom. The topological polar surface area (TPSA) is 78.9 Å². The second-order valence-corrected chi connectivity index (χ2v) is 15.3. The zero-order valence-corrected chi connectivity index (χ0v) is 37.5. The molecule has 0 aromatic heterocycles. The molecule has 0 aromatic carbocycles. The standard InChI is InChI=1S/C52H86O6/c1-4-7-10-13-16-19-21-23-24-25-26-27-28-29-31-33-36-39-42-45-51(54)57-48-49(47-56-50(53)44-41-38-35-32-18-15-12-9-6-3)58-52(55)46-43-40-37-34-30-22-20-17-14-11-8-5-2/h7,10,16-17,19-20,23-24,26-27,29,31-32,35,49H,4-6,8-9,11-15,18,21-22,25,28,30,33-34,36-48H2,1-3H3/b10-7-,19-16-,20-17-,24-23-,27-26-,31-29-,35-32-. The second-order valence-electron chi connectivity index (χ2n) is 15.3. The first-order valence-electron chi connectivity index (χ1n) is 23.6. The van der Waals surface area contributed by atoms with E-state index >= 15 is 0 Å². The van der Waals surface area contributed by atoms with Gasteiger partial charge in [-0.05, 0) is 109 Å². The van der Waals surface area contributed by atoms with Crippen LogP contribution in [-0.2, 0) is 28.6 Å². The zero-order chi connectivity index (χ0) is 42.3. The van der Waals surface area contributed by atoms with Crippen LogP contribution in [0.15, 0.2) is 85.1 Å². The van der Waals surface area contributed by atoms with E-state index < -0.39 is 6.10 Å². The van der Waals surface area contributed by atoms with Crippen molar-refractivity contribution in [3.8, 4) is 0 Å². The van der Waals surface area contributed by atoms with E-state index in [4.69, 9.17) is 14.2 Å². The van der Waals surface area contributed by atoms with Crippen molar-refractivity contribution in [1.29, 1.82) is 0 Å². The number of ether oxygens (including phenoxy) is 3. The Bertz CT molecular complexity index is 1160. The monoisotopic (exact) mass is 807 g/mol. The number of carbonyl (C=O) groups excluding carboxylic acids is 3. The normalized spacial score (nSPS) is 12.8. The molecular weight excluding hydrogens is 721 g/mol. The molecule has 58 heavy (non-hydrogen) atoms. The smallest absolute Gasteiger partial charge is 0.306 e. The molecule has 6 heteroatoms. The minimum absolute atomic E-state index is 0.107. The molecule has 0 N–H and O–H groups in total. The molecule has 0 aliphatic carbocycles. The SMILES string of the molecule is CC/C=C\C/C=C\C/C=C\C/C=C\C/C=C\CCCCCC(=O)OCC(COC(=O)CCC/C=C\CCCCCC)OC(=O)CCCCCCC/C=C\CCCCC. The van der Waals surface area contributed by atoms with Crippen molar-refractivity contribution in [2.45, 2.75) is 213 Å². The maximum absolute atomic E-state index is 12.7. The molecular formula is C52H86O6. The summed E-state index contributed by atoms with van der Waals surface area (Å²) in [5, 5.41) is 0. The second kappa shape index (κ2) is 46.3. The molecule has 0 rings (SSSR count). The van der Waals surface area contributed by atoms with Crippen LogP contribution in [0.3, 0.4) is 0 Å². The van der Waals surface area contributed by atoms with E-state index in [1.54, 1.807) is 0 Å². The van der Waals surface area contributed by atoms with Gasteiger partial charge in [0.25, 0.3) is 0 Å². The summed E-state index contributed by atoms with van der Waals surface area (Å²) in [5.41, 5.74) is 0. The van der Waals surface area contributed by atoms with Gasteiger partial charge in [0.1, 0.15) is 13.2 Å².